The number of furan rings is 1. The first kappa shape index (κ1) is 19.1. The molecule has 0 unspecified atom stereocenters. The summed E-state index contributed by atoms with van der Waals surface area (Å²) in [5.41, 5.74) is 2.90. The quantitative estimate of drug-likeness (QED) is 0.383. The minimum atomic E-state index is -0.597. The number of hydrogen-bond donors (Lipinski definition) is 1. The second-order valence-electron chi connectivity index (χ2n) is 5.40. The SMILES string of the molecule is COc1cc([N+](=O)[O-])c(Cl)cc1-c1ccc(/C=N\NC(=O)c2cccnc2)o1. The summed E-state index contributed by atoms with van der Waals surface area (Å²) in [4.78, 5) is 26.1. The van der Waals surface area contributed by atoms with Gasteiger partial charge < -0.3 is 9.15 Å². The van der Waals surface area contributed by atoms with Gasteiger partial charge >= 0.3 is 0 Å². The van der Waals surface area contributed by atoms with Crippen molar-refractivity contribution in [2.75, 3.05) is 7.11 Å². The van der Waals surface area contributed by atoms with E-state index < -0.39 is 10.8 Å². The molecule has 3 aromatic rings. The predicted molar refractivity (Wildman–Crippen MR) is 102 cm³/mol. The zero-order chi connectivity index (χ0) is 20.1. The maximum Gasteiger partial charge on any atom is 0.291 e. The van der Waals surface area contributed by atoms with Crippen molar-refractivity contribution in [1.29, 1.82) is 0 Å². The number of methoxy groups -OCH3 is 1. The number of nitrogens with zero attached hydrogens (tertiary/aromatic N) is 3. The van der Waals surface area contributed by atoms with E-state index in [0.717, 1.165) is 0 Å². The standard InChI is InChI=1S/C18H13ClN4O5/c1-27-17-8-15(23(25)26)14(19)7-13(17)16-5-4-12(28-16)10-21-22-18(24)11-3-2-6-20-9-11/h2-10H,1H3,(H,22,24)/b21-10-. The van der Waals surface area contributed by atoms with Gasteiger partial charge in [-0.2, -0.15) is 5.10 Å². The highest BCUT2D eigenvalue weighted by Gasteiger charge is 2.20. The average molecular weight is 401 g/mol. The van der Waals surface area contributed by atoms with E-state index in [1.807, 2.05) is 0 Å². The van der Waals surface area contributed by atoms with Crippen molar-refractivity contribution in [2.45, 2.75) is 0 Å². The summed E-state index contributed by atoms with van der Waals surface area (Å²) in [5, 5.41) is 14.8. The molecular formula is C18H13ClN4O5. The highest BCUT2D eigenvalue weighted by molar-refractivity contribution is 6.33. The predicted octanol–water partition coefficient (Wildman–Crippen LogP) is 3.68. The number of benzene rings is 1. The molecule has 1 aromatic carbocycles. The molecule has 0 saturated carbocycles. The molecule has 0 aliphatic heterocycles. The molecule has 0 aliphatic carbocycles. The molecule has 0 bridgehead atoms. The van der Waals surface area contributed by atoms with Crippen LogP contribution in [0.2, 0.25) is 5.02 Å². The van der Waals surface area contributed by atoms with Crippen LogP contribution in [0.25, 0.3) is 11.3 Å². The number of carbonyl (C=O) groups excluding carboxylic acids is 1. The van der Waals surface area contributed by atoms with Crippen molar-refractivity contribution < 1.29 is 18.9 Å². The molecule has 9 nitrogen and oxygen atoms in total. The smallest absolute Gasteiger partial charge is 0.291 e. The molecule has 0 fully saturated rings. The Kier molecular flexibility index (Phi) is 5.66. The summed E-state index contributed by atoms with van der Waals surface area (Å²) in [6.45, 7) is 0. The number of pyridine rings is 1. The Hall–Kier alpha value is -3.72. The monoisotopic (exact) mass is 400 g/mol. The second kappa shape index (κ2) is 8.31. The van der Waals surface area contributed by atoms with Crippen LogP contribution in [0.3, 0.4) is 0 Å². The lowest BCUT2D eigenvalue weighted by Gasteiger charge is -2.07. The van der Waals surface area contributed by atoms with E-state index in [-0.39, 0.29) is 16.5 Å². The van der Waals surface area contributed by atoms with E-state index in [2.05, 4.69) is 15.5 Å². The van der Waals surface area contributed by atoms with Gasteiger partial charge in [-0.05, 0) is 30.3 Å². The van der Waals surface area contributed by atoms with Crippen LogP contribution in [0.1, 0.15) is 16.1 Å². The number of amides is 1. The molecule has 0 spiro atoms. The molecule has 28 heavy (non-hydrogen) atoms. The van der Waals surface area contributed by atoms with Crippen LogP contribution in [0.5, 0.6) is 5.75 Å². The van der Waals surface area contributed by atoms with Gasteiger partial charge in [-0.3, -0.25) is 19.9 Å². The second-order valence-corrected chi connectivity index (χ2v) is 5.81. The van der Waals surface area contributed by atoms with Crippen LogP contribution < -0.4 is 10.2 Å². The maximum atomic E-state index is 11.9. The third-order valence-electron chi connectivity index (χ3n) is 3.64. The van der Waals surface area contributed by atoms with E-state index in [1.165, 1.54) is 31.7 Å². The molecule has 0 radical (unpaired) electrons. The van der Waals surface area contributed by atoms with Gasteiger partial charge in [0.05, 0.1) is 35.4 Å². The van der Waals surface area contributed by atoms with Crippen molar-refractivity contribution >= 4 is 29.4 Å². The van der Waals surface area contributed by atoms with E-state index in [9.17, 15) is 14.9 Å². The topological polar surface area (TPSA) is 120 Å². The van der Waals surface area contributed by atoms with E-state index in [4.69, 9.17) is 20.8 Å². The third-order valence-corrected chi connectivity index (χ3v) is 3.94. The Balaban J connectivity index is 1.78. The molecule has 2 aromatic heterocycles. The van der Waals surface area contributed by atoms with Crippen molar-refractivity contribution in [2.24, 2.45) is 5.10 Å². The van der Waals surface area contributed by atoms with Crippen LogP contribution in [-0.2, 0) is 0 Å². The first-order chi connectivity index (χ1) is 13.5. The van der Waals surface area contributed by atoms with Crippen LogP contribution in [0.15, 0.2) is 58.3 Å². The summed E-state index contributed by atoms with van der Waals surface area (Å²) in [7, 11) is 1.38. The van der Waals surface area contributed by atoms with Crippen LogP contribution in [0.4, 0.5) is 5.69 Å². The third kappa shape index (κ3) is 4.15. The van der Waals surface area contributed by atoms with Crippen molar-refractivity contribution in [3.8, 4) is 17.1 Å². The number of aromatic nitrogens is 1. The molecule has 1 N–H and O–H groups in total. The Labute approximate surface area is 163 Å². The number of rotatable bonds is 6. The van der Waals surface area contributed by atoms with Gasteiger partial charge in [0.1, 0.15) is 22.3 Å². The summed E-state index contributed by atoms with van der Waals surface area (Å²) in [6, 6.07) is 9.10. The van der Waals surface area contributed by atoms with Gasteiger partial charge in [0.25, 0.3) is 11.6 Å². The largest absolute Gasteiger partial charge is 0.496 e. The number of ether oxygens (including phenoxy) is 1. The maximum absolute atomic E-state index is 11.9. The van der Waals surface area contributed by atoms with Gasteiger partial charge in [0.2, 0.25) is 0 Å². The Morgan fingerprint density at radius 1 is 1.39 bits per heavy atom. The first-order valence-electron chi connectivity index (χ1n) is 7.85. The number of nitro groups is 1. The highest BCUT2D eigenvalue weighted by atomic mass is 35.5. The fraction of sp³-hybridized carbons (Fsp3) is 0.0556. The number of carbonyl (C=O) groups is 1. The van der Waals surface area contributed by atoms with Crippen molar-refractivity contribution in [3.05, 3.63) is 75.3 Å². The lowest BCUT2D eigenvalue weighted by atomic mass is 10.1. The van der Waals surface area contributed by atoms with Crippen LogP contribution >= 0.6 is 11.6 Å². The zero-order valence-corrected chi connectivity index (χ0v) is 15.2. The van der Waals surface area contributed by atoms with Gasteiger partial charge in [-0.1, -0.05) is 11.6 Å². The molecule has 2 heterocycles. The van der Waals surface area contributed by atoms with Crippen LogP contribution in [-0.4, -0.2) is 29.1 Å². The van der Waals surface area contributed by atoms with Crippen molar-refractivity contribution in [1.82, 2.24) is 10.4 Å². The Bertz CT molecular complexity index is 1050. The van der Waals surface area contributed by atoms with Crippen LogP contribution in [0, 0.1) is 10.1 Å². The minimum absolute atomic E-state index is 0.0452. The molecule has 0 saturated heterocycles. The zero-order valence-electron chi connectivity index (χ0n) is 14.5. The number of nitro benzene ring substituents is 1. The van der Waals surface area contributed by atoms with E-state index in [0.29, 0.717) is 22.6 Å². The normalized spacial score (nSPS) is 10.8. The number of hydrogen-bond acceptors (Lipinski definition) is 7. The Morgan fingerprint density at radius 2 is 2.21 bits per heavy atom. The van der Waals surface area contributed by atoms with Gasteiger partial charge in [-0.15, -0.1) is 0 Å². The molecule has 1 amide bonds. The lowest BCUT2D eigenvalue weighted by molar-refractivity contribution is -0.384. The fourth-order valence-corrected chi connectivity index (χ4v) is 2.56. The number of halogens is 1. The molecular weight excluding hydrogens is 388 g/mol. The minimum Gasteiger partial charge on any atom is -0.496 e. The highest BCUT2D eigenvalue weighted by Crippen LogP contribution is 2.38. The first-order valence-corrected chi connectivity index (χ1v) is 8.23. The molecule has 0 aliphatic rings. The fourth-order valence-electron chi connectivity index (χ4n) is 2.33. The summed E-state index contributed by atoms with van der Waals surface area (Å²) >= 11 is 5.97. The summed E-state index contributed by atoms with van der Waals surface area (Å²) < 4.78 is 10.8. The van der Waals surface area contributed by atoms with E-state index in [1.54, 1.807) is 30.5 Å². The number of hydrazone groups is 1. The molecule has 142 valence electrons. The van der Waals surface area contributed by atoms with E-state index >= 15 is 0 Å². The van der Waals surface area contributed by atoms with Gasteiger partial charge in [0, 0.05) is 12.4 Å². The summed E-state index contributed by atoms with van der Waals surface area (Å²) in [6.07, 6.45) is 4.29. The lowest BCUT2D eigenvalue weighted by Crippen LogP contribution is -2.17. The average Bonchev–Trinajstić information content (AvgIpc) is 3.16. The van der Waals surface area contributed by atoms with Gasteiger partial charge in [-0.25, -0.2) is 5.43 Å². The molecule has 3 rings (SSSR count). The van der Waals surface area contributed by atoms with Crippen molar-refractivity contribution in [3.63, 3.8) is 0 Å². The number of nitrogens with one attached hydrogen (secondary N) is 1. The molecule has 10 heteroatoms. The molecule has 0 atom stereocenters. The Morgan fingerprint density at radius 3 is 2.89 bits per heavy atom. The van der Waals surface area contributed by atoms with Gasteiger partial charge in [0.15, 0.2) is 0 Å². The summed E-state index contributed by atoms with van der Waals surface area (Å²) in [5.74, 6) is 0.533.